The van der Waals surface area contributed by atoms with Gasteiger partial charge < -0.3 is 19.5 Å². The third kappa shape index (κ3) is 3.72. The van der Waals surface area contributed by atoms with Crippen molar-refractivity contribution in [3.8, 4) is 0 Å². The van der Waals surface area contributed by atoms with Crippen molar-refractivity contribution in [3.05, 3.63) is 89.3 Å². The Kier molecular flexibility index (Phi) is 5.61. The highest BCUT2D eigenvalue weighted by atomic mass is 19.1. The number of methoxy groups -OCH3 is 2. The summed E-state index contributed by atoms with van der Waals surface area (Å²) < 4.78 is 29.6. The second-order valence-corrected chi connectivity index (χ2v) is 7.36. The number of fused-ring (bicyclic) bond motifs is 2. The predicted octanol–water partition coefficient (Wildman–Crippen LogP) is 3.20. The highest BCUT2D eigenvalue weighted by Gasteiger charge is 2.58. The lowest BCUT2D eigenvalue weighted by Gasteiger charge is -2.36. The molecule has 4 rings (SSSR count). The SMILES string of the molecule is COC(=O)C1=C(C(=O)OC)C2(C(Cc3ccccc3)Nc3ccc(F)cc3)C=CC1O2. The Bertz CT molecular complexity index is 1050. The Balaban J connectivity index is 1.81. The molecule has 2 aromatic carbocycles. The lowest BCUT2D eigenvalue weighted by molar-refractivity contribution is -0.139. The normalized spacial score (nSPS) is 22.4. The number of hydrogen-bond donors (Lipinski definition) is 1. The minimum absolute atomic E-state index is 0.116. The van der Waals surface area contributed by atoms with Gasteiger partial charge in [0.1, 0.15) is 17.5 Å². The molecule has 2 aliphatic heterocycles. The zero-order valence-electron chi connectivity index (χ0n) is 17.1. The van der Waals surface area contributed by atoms with Crippen LogP contribution in [0.25, 0.3) is 0 Å². The first-order chi connectivity index (χ1) is 15.0. The molecule has 3 unspecified atom stereocenters. The third-order valence-corrected chi connectivity index (χ3v) is 5.57. The molecule has 1 N–H and O–H groups in total. The maximum Gasteiger partial charge on any atom is 0.337 e. The highest BCUT2D eigenvalue weighted by molar-refractivity contribution is 6.05. The molecule has 0 saturated heterocycles. The first-order valence-electron chi connectivity index (χ1n) is 9.83. The molecular formula is C24H22FNO5. The first kappa shape index (κ1) is 20.8. The second kappa shape index (κ2) is 8.35. The van der Waals surface area contributed by atoms with E-state index in [-0.39, 0.29) is 17.0 Å². The van der Waals surface area contributed by atoms with Crippen LogP contribution in [0.2, 0.25) is 0 Å². The van der Waals surface area contributed by atoms with Crippen molar-refractivity contribution in [1.82, 2.24) is 0 Å². The molecule has 2 bridgehead atoms. The Hall–Kier alpha value is -3.45. The Morgan fingerprint density at radius 3 is 2.39 bits per heavy atom. The average Bonchev–Trinajstić information content (AvgIpc) is 3.38. The Morgan fingerprint density at radius 1 is 1.06 bits per heavy atom. The molecule has 6 nitrogen and oxygen atoms in total. The lowest BCUT2D eigenvalue weighted by atomic mass is 9.79. The van der Waals surface area contributed by atoms with Gasteiger partial charge in [0, 0.05) is 5.69 Å². The lowest BCUT2D eigenvalue weighted by Crippen LogP contribution is -2.49. The van der Waals surface area contributed by atoms with Crippen molar-refractivity contribution in [2.24, 2.45) is 0 Å². The summed E-state index contributed by atoms with van der Waals surface area (Å²) in [5.74, 6) is -1.66. The van der Waals surface area contributed by atoms with Crippen LogP contribution in [0.4, 0.5) is 10.1 Å². The molecule has 160 valence electrons. The first-order valence-corrected chi connectivity index (χ1v) is 9.83. The summed E-state index contributed by atoms with van der Waals surface area (Å²) in [6, 6.07) is 15.1. The van der Waals surface area contributed by atoms with Crippen molar-refractivity contribution in [2.75, 3.05) is 19.5 Å². The maximum absolute atomic E-state index is 13.4. The van der Waals surface area contributed by atoms with E-state index >= 15 is 0 Å². The number of nitrogens with one attached hydrogen (secondary N) is 1. The van der Waals surface area contributed by atoms with Gasteiger partial charge in [0.15, 0.2) is 0 Å². The number of anilines is 1. The molecule has 0 fully saturated rings. The summed E-state index contributed by atoms with van der Waals surface area (Å²) in [6.07, 6.45) is 3.27. The Labute approximate surface area is 179 Å². The van der Waals surface area contributed by atoms with Crippen molar-refractivity contribution in [1.29, 1.82) is 0 Å². The molecular weight excluding hydrogens is 401 g/mol. The smallest absolute Gasteiger partial charge is 0.337 e. The summed E-state index contributed by atoms with van der Waals surface area (Å²) in [7, 11) is 2.51. The fourth-order valence-electron chi connectivity index (χ4n) is 4.15. The van der Waals surface area contributed by atoms with Crippen LogP contribution in [-0.2, 0) is 30.2 Å². The van der Waals surface area contributed by atoms with E-state index in [0.29, 0.717) is 12.1 Å². The van der Waals surface area contributed by atoms with Crippen LogP contribution in [0.1, 0.15) is 5.56 Å². The summed E-state index contributed by atoms with van der Waals surface area (Å²) in [4.78, 5) is 25.3. The van der Waals surface area contributed by atoms with Gasteiger partial charge in [0.2, 0.25) is 0 Å². The number of rotatable bonds is 7. The number of carbonyl (C=O) groups excluding carboxylic acids is 2. The van der Waals surface area contributed by atoms with Gasteiger partial charge in [0.05, 0.1) is 31.4 Å². The molecule has 2 aliphatic rings. The molecule has 3 atom stereocenters. The van der Waals surface area contributed by atoms with Crippen LogP contribution >= 0.6 is 0 Å². The van der Waals surface area contributed by atoms with Gasteiger partial charge in [-0.3, -0.25) is 0 Å². The van der Waals surface area contributed by atoms with E-state index in [1.807, 2.05) is 30.3 Å². The standard InChI is InChI=1S/C24H22FNO5/c1-29-22(27)20-18-12-13-24(31-18,21(20)23(28)30-2)19(14-15-6-4-3-5-7-15)26-17-10-8-16(25)9-11-17/h3-13,18-19,26H,14H2,1-2H3. The summed E-state index contributed by atoms with van der Waals surface area (Å²) in [6.45, 7) is 0. The van der Waals surface area contributed by atoms with Gasteiger partial charge in [-0.15, -0.1) is 0 Å². The summed E-state index contributed by atoms with van der Waals surface area (Å²) >= 11 is 0. The topological polar surface area (TPSA) is 73.9 Å². The number of hydrogen-bond acceptors (Lipinski definition) is 6. The van der Waals surface area contributed by atoms with E-state index in [1.54, 1.807) is 24.3 Å². The number of ether oxygens (including phenoxy) is 3. The molecule has 31 heavy (non-hydrogen) atoms. The summed E-state index contributed by atoms with van der Waals surface area (Å²) in [5, 5.41) is 3.36. The minimum Gasteiger partial charge on any atom is -0.466 e. The van der Waals surface area contributed by atoms with Crippen LogP contribution in [0, 0.1) is 5.82 Å². The van der Waals surface area contributed by atoms with Crippen molar-refractivity contribution in [3.63, 3.8) is 0 Å². The molecule has 0 aliphatic carbocycles. The Morgan fingerprint density at radius 2 is 1.74 bits per heavy atom. The van der Waals surface area contributed by atoms with Crippen molar-refractivity contribution >= 4 is 17.6 Å². The number of esters is 2. The average molecular weight is 423 g/mol. The number of carbonyl (C=O) groups is 2. The van der Waals surface area contributed by atoms with Crippen LogP contribution in [-0.4, -0.2) is 43.9 Å². The van der Waals surface area contributed by atoms with Gasteiger partial charge in [-0.2, -0.15) is 0 Å². The molecule has 0 amide bonds. The van der Waals surface area contributed by atoms with E-state index in [4.69, 9.17) is 14.2 Å². The van der Waals surface area contributed by atoms with Gasteiger partial charge in [0.25, 0.3) is 0 Å². The fraction of sp³-hybridized carbons (Fsp3) is 0.250. The number of benzene rings is 2. The van der Waals surface area contributed by atoms with E-state index in [0.717, 1.165) is 5.56 Å². The van der Waals surface area contributed by atoms with E-state index in [2.05, 4.69) is 5.32 Å². The largest absolute Gasteiger partial charge is 0.466 e. The van der Waals surface area contributed by atoms with Gasteiger partial charge in [-0.25, -0.2) is 14.0 Å². The zero-order chi connectivity index (χ0) is 22.0. The monoisotopic (exact) mass is 423 g/mol. The van der Waals surface area contributed by atoms with Crippen LogP contribution < -0.4 is 5.32 Å². The van der Waals surface area contributed by atoms with E-state index in [1.165, 1.54) is 26.4 Å². The van der Waals surface area contributed by atoms with E-state index < -0.39 is 29.7 Å². The fourth-order valence-corrected chi connectivity index (χ4v) is 4.15. The molecule has 0 aromatic heterocycles. The van der Waals surface area contributed by atoms with E-state index in [9.17, 15) is 14.0 Å². The van der Waals surface area contributed by atoms with Gasteiger partial charge >= 0.3 is 11.9 Å². The zero-order valence-corrected chi connectivity index (χ0v) is 17.1. The van der Waals surface area contributed by atoms with Crippen LogP contribution in [0.3, 0.4) is 0 Å². The van der Waals surface area contributed by atoms with Crippen molar-refractivity contribution in [2.45, 2.75) is 24.2 Å². The molecule has 0 radical (unpaired) electrons. The molecule has 2 heterocycles. The third-order valence-electron chi connectivity index (χ3n) is 5.57. The van der Waals surface area contributed by atoms with Gasteiger partial charge in [-0.05, 0) is 42.3 Å². The van der Waals surface area contributed by atoms with Gasteiger partial charge in [-0.1, -0.05) is 36.4 Å². The molecule has 0 spiro atoms. The highest BCUT2D eigenvalue weighted by Crippen LogP contribution is 2.47. The quantitative estimate of drug-likeness (QED) is 0.545. The predicted molar refractivity (Wildman–Crippen MR) is 112 cm³/mol. The molecule has 2 aromatic rings. The maximum atomic E-state index is 13.4. The van der Waals surface area contributed by atoms with Crippen LogP contribution in [0.15, 0.2) is 77.9 Å². The summed E-state index contributed by atoms with van der Waals surface area (Å²) in [5.41, 5.74) is 0.632. The molecule has 0 saturated carbocycles. The van der Waals surface area contributed by atoms with Crippen molar-refractivity contribution < 1.29 is 28.2 Å². The minimum atomic E-state index is -1.26. The molecule has 7 heteroatoms. The second-order valence-electron chi connectivity index (χ2n) is 7.36. The number of halogens is 1. The van der Waals surface area contributed by atoms with Crippen LogP contribution in [0.5, 0.6) is 0 Å².